The van der Waals surface area contributed by atoms with E-state index in [-0.39, 0.29) is 5.91 Å². The minimum Gasteiger partial charge on any atom is -0.307 e. The Morgan fingerprint density at radius 3 is 2.61 bits per heavy atom. The van der Waals surface area contributed by atoms with Crippen LogP contribution < -0.4 is 5.32 Å². The first-order valence-electron chi connectivity index (χ1n) is 11.6. The van der Waals surface area contributed by atoms with E-state index < -0.39 is 0 Å². The van der Waals surface area contributed by atoms with E-state index in [1.165, 1.54) is 12.8 Å². The predicted octanol–water partition coefficient (Wildman–Crippen LogP) is 4.34. The number of pyridine rings is 1. The fourth-order valence-corrected chi connectivity index (χ4v) is 5.03. The number of carbonyl (C=O) groups is 1. The van der Waals surface area contributed by atoms with E-state index in [1.54, 1.807) is 10.9 Å². The van der Waals surface area contributed by atoms with Gasteiger partial charge < -0.3 is 5.32 Å². The van der Waals surface area contributed by atoms with Crippen molar-refractivity contribution in [1.29, 1.82) is 0 Å². The molecular formula is C24H30N8O. The van der Waals surface area contributed by atoms with Crippen LogP contribution in [0.25, 0.3) is 22.3 Å². The van der Waals surface area contributed by atoms with Gasteiger partial charge in [-0.3, -0.25) is 14.2 Å². The van der Waals surface area contributed by atoms with Crippen LogP contribution in [0.5, 0.6) is 0 Å². The number of aryl methyl sites for hydroxylation is 4. The van der Waals surface area contributed by atoms with Crippen molar-refractivity contribution in [3.63, 3.8) is 0 Å². The van der Waals surface area contributed by atoms with Gasteiger partial charge in [-0.25, -0.2) is 9.67 Å². The van der Waals surface area contributed by atoms with Gasteiger partial charge in [0.2, 0.25) is 0 Å². The van der Waals surface area contributed by atoms with Crippen LogP contribution in [0.3, 0.4) is 0 Å². The SMILES string of the molecule is CCn1nc(C)c(-c2cc(C(=O)Nc3cc(C)nn3C3CCCC3)c3cnn(C)c3n2)c1C. The zero-order valence-electron chi connectivity index (χ0n) is 19.9. The largest absolute Gasteiger partial charge is 0.307 e. The lowest BCUT2D eigenvalue weighted by Crippen LogP contribution is -2.18. The third kappa shape index (κ3) is 3.61. The Labute approximate surface area is 192 Å². The van der Waals surface area contributed by atoms with Crippen LogP contribution in [0.2, 0.25) is 0 Å². The van der Waals surface area contributed by atoms with Gasteiger partial charge in [-0.15, -0.1) is 0 Å². The molecular weight excluding hydrogens is 416 g/mol. The average Bonchev–Trinajstić information content (AvgIpc) is 3.56. The summed E-state index contributed by atoms with van der Waals surface area (Å²) in [6, 6.07) is 4.14. The van der Waals surface area contributed by atoms with Gasteiger partial charge in [0.15, 0.2) is 5.65 Å². The third-order valence-electron chi connectivity index (χ3n) is 6.66. The first kappa shape index (κ1) is 21.4. The number of rotatable bonds is 5. The lowest BCUT2D eigenvalue weighted by Gasteiger charge is -2.15. The summed E-state index contributed by atoms with van der Waals surface area (Å²) in [6.45, 7) is 8.82. The number of nitrogens with zero attached hydrogens (tertiary/aromatic N) is 7. The molecule has 1 amide bonds. The molecule has 4 aromatic heterocycles. The minimum atomic E-state index is -0.186. The molecule has 0 unspecified atom stereocenters. The van der Waals surface area contributed by atoms with Gasteiger partial charge in [-0.2, -0.15) is 15.3 Å². The fourth-order valence-electron chi connectivity index (χ4n) is 5.03. The molecule has 0 radical (unpaired) electrons. The molecule has 172 valence electrons. The molecule has 0 bridgehead atoms. The minimum absolute atomic E-state index is 0.186. The summed E-state index contributed by atoms with van der Waals surface area (Å²) in [4.78, 5) is 18.4. The number of aromatic nitrogens is 7. The Hall–Kier alpha value is -3.49. The van der Waals surface area contributed by atoms with Crippen LogP contribution >= 0.6 is 0 Å². The van der Waals surface area contributed by atoms with E-state index in [0.717, 1.165) is 58.9 Å². The van der Waals surface area contributed by atoms with Crippen LogP contribution in [0, 0.1) is 20.8 Å². The highest BCUT2D eigenvalue weighted by Crippen LogP contribution is 2.33. The van der Waals surface area contributed by atoms with Crippen molar-refractivity contribution in [1.82, 2.24) is 34.3 Å². The molecule has 0 saturated heterocycles. The smallest absolute Gasteiger partial charge is 0.257 e. The number of carbonyl (C=O) groups excluding carboxylic acids is 1. The molecule has 33 heavy (non-hydrogen) atoms. The second-order valence-corrected chi connectivity index (χ2v) is 8.93. The number of hydrogen-bond donors (Lipinski definition) is 1. The monoisotopic (exact) mass is 446 g/mol. The van der Waals surface area contributed by atoms with E-state index in [1.807, 2.05) is 49.3 Å². The molecule has 0 spiro atoms. The summed E-state index contributed by atoms with van der Waals surface area (Å²) in [6.07, 6.45) is 6.29. The summed E-state index contributed by atoms with van der Waals surface area (Å²) in [7, 11) is 1.84. The Morgan fingerprint density at radius 2 is 1.91 bits per heavy atom. The second-order valence-electron chi connectivity index (χ2n) is 8.93. The predicted molar refractivity (Wildman–Crippen MR) is 127 cm³/mol. The first-order valence-corrected chi connectivity index (χ1v) is 11.6. The van der Waals surface area contributed by atoms with Gasteiger partial charge in [0.1, 0.15) is 5.82 Å². The summed E-state index contributed by atoms with van der Waals surface area (Å²) in [5.41, 5.74) is 5.73. The van der Waals surface area contributed by atoms with Crippen molar-refractivity contribution in [3.05, 3.63) is 41.0 Å². The molecule has 1 saturated carbocycles. The van der Waals surface area contributed by atoms with Crippen LogP contribution in [0.4, 0.5) is 5.82 Å². The summed E-state index contributed by atoms with van der Waals surface area (Å²) in [5, 5.41) is 17.5. The zero-order chi connectivity index (χ0) is 23.3. The lowest BCUT2D eigenvalue weighted by molar-refractivity contribution is 0.102. The average molecular weight is 447 g/mol. The highest BCUT2D eigenvalue weighted by Gasteiger charge is 2.24. The van der Waals surface area contributed by atoms with E-state index in [0.29, 0.717) is 17.3 Å². The summed E-state index contributed by atoms with van der Waals surface area (Å²) >= 11 is 0. The molecule has 0 aromatic carbocycles. The molecule has 1 N–H and O–H groups in total. The Kier molecular flexibility index (Phi) is 5.26. The summed E-state index contributed by atoms with van der Waals surface area (Å²) in [5.74, 6) is 0.556. The molecule has 5 rings (SSSR count). The van der Waals surface area contributed by atoms with E-state index in [4.69, 9.17) is 4.98 Å². The molecule has 1 aliphatic carbocycles. The van der Waals surface area contributed by atoms with Crippen molar-refractivity contribution in [3.8, 4) is 11.3 Å². The van der Waals surface area contributed by atoms with Gasteiger partial charge in [-0.1, -0.05) is 12.8 Å². The highest BCUT2D eigenvalue weighted by molar-refractivity contribution is 6.12. The number of nitrogens with one attached hydrogen (secondary N) is 1. The molecule has 0 aliphatic heterocycles. The van der Waals surface area contributed by atoms with Crippen LogP contribution in [0.1, 0.15) is 66.1 Å². The van der Waals surface area contributed by atoms with E-state index in [9.17, 15) is 4.79 Å². The van der Waals surface area contributed by atoms with Gasteiger partial charge in [0.05, 0.1) is 40.3 Å². The van der Waals surface area contributed by atoms with Gasteiger partial charge in [0.25, 0.3) is 5.91 Å². The van der Waals surface area contributed by atoms with Crippen molar-refractivity contribution >= 4 is 22.8 Å². The Morgan fingerprint density at radius 1 is 1.15 bits per heavy atom. The maximum atomic E-state index is 13.6. The Balaban J connectivity index is 1.59. The highest BCUT2D eigenvalue weighted by atomic mass is 16.1. The third-order valence-corrected chi connectivity index (χ3v) is 6.66. The number of fused-ring (bicyclic) bond motifs is 1. The number of anilines is 1. The van der Waals surface area contributed by atoms with Crippen molar-refractivity contribution in [2.75, 3.05) is 5.32 Å². The van der Waals surface area contributed by atoms with Crippen LogP contribution in [0.15, 0.2) is 18.3 Å². The lowest BCUT2D eigenvalue weighted by atomic mass is 10.0. The first-order chi connectivity index (χ1) is 15.9. The van der Waals surface area contributed by atoms with Gasteiger partial charge in [0, 0.05) is 30.9 Å². The summed E-state index contributed by atoms with van der Waals surface area (Å²) < 4.78 is 5.66. The molecule has 9 nitrogen and oxygen atoms in total. The topological polar surface area (TPSA) is 95.5 Å². The molecule has 0 atom stereocenters. The zero-order valence-corrected chi connectivity index (χ0v) is 19.9. The number of hydrogen-bond acceptors (Lipinski definition) is 5. The molecule has 4 aromatic rings. The molecule has 1 aliphatic rings. The molecule has 9 heteroatoms. The van der Waals surface area contributed by atoms with Crippen molar-refractivity contribution < 1.29 is 4.79 Å². The van der Waals surface area contributed by atoms with Crippen molar-refractivity contribution in [2.24, 2.45) is 7.05 Å². The van der Waals surface area contributed by atoms with Crippen LogP contribution in [-0.4, -0.2) is 40.2 Å². The van der Waals surface area contributed by atoms with E-state index >= 15 is 0 Å². The maximum Gasteiger partial charge on any atom is 0.257 e. The van der Waals surface area contributed by atoms with Crippen molar-refractivity contribution in [2.45, 2.75) is 66.0 Å². The molecule has 4 heterocycles. The fraction of sp³-hybridized carbons (Fsp3) is 0.458. The van der Waals surface area contributed by atoms with Gasteiger partial charge in [-0.05, 0) is 46.6 Å². The quantitative estimate of drug-likeness (QED) is 0.492. The van der Waals surface area contributed by atoms with E-state index in [2.05, 4.69) is 27.5 Å². The van der Waals surface area contributed by atoms with Crippen LogP contribution in [-0.2, 0) is 13.6 Å². The second kappa shape index (κ2) is 8.13. The normalized spacial score (nSPS) is 14.5. The molecule has 1 fully saturated rings. The Bertz CT molecular complexity index is 1350. The standard InChI is InChI=1S/C24H30N8O/c1-6-31-16(4)22(15(3)29-31)20-12-18(19-13-25-30(5)23(19)26-20)24(33)27-21-11-14(2)28-32(21)17-9-7-8-10-17/h11-13,17H,6-10H2,1-5H3,(H,27,33). The maximum absolute atomic E-state index is 13.6. The number of amides is 1. The van der Waals surface area contributed by atoms with Gasteiger partial charge >= 0.3 is 0 Å².